The number of aromatic nitrogens is 4. The molecule has 2 aromatic heterocycles. The molecule has 0 unspecified atom stereocenters. The highest BCUT2D eigenvalue weighted by molar-refractivity contribution is 9.10. The summed E-state index contributed by atoms with van der Waals surface area (Å²) in [5, 5.41) is 7.55. The van der Waals surface area contributed by atoms with Crippen molar-refractivity contribution in [1.29, 1.82) is 0 Å². The lowest BCUT2D eigenvalue weighted by Gasteiger charge is -2.07. The lowest BCUT2D eigenvalue weighted by molar-refractivity contribution is 0.636. The van der Waals surface area contributed by atoms with E-state index in [1.165, 1.54) is 5.56 Å². The molecule has 0 saturated carbocycles. The van der Waals surface area contributed by atoms with Crippen LogP contribution < -0.4 is 5.32 Å². The van der Waals surface area contributed by atoms with Crippen LogP contribution in [-0.4, -0.2) is 26.3 Å². The first-order valence-corrected chi connectivity index (χ1v) is 7.23. The maximum atomic E-state index is 4.48. The van der Waals surface area contributed by atoms with Crippen molar-refractivity contribution in [3.63, 3.8) is 0 Å². The maximum Gasteiger partial charge on any atom is 0.132 e. The van der Waals surface area contributed by atoms with E-state index in [4.69, 9.17) is 0 Å². The van der Waals surface area contributed by atoms with Crippen LogP contribution in [0, 0.1) is 6.92 Å². The quantitative estimate of drug-likeness (QED) is 0.830. The molecule has 0 fully saturated rings. The van der Waals surface area contributed by atoms with Gasteiger partial charge < -0.3 is 5.32 Å². The second-order valence-electron chi connectivity index (χ2n) is 4.45. The Morgan fingerprint density at radius 2 is 2.21 bits per heavy atom. The fourth-order valence-corrected chi connectivity index (χ4v) is 2.20. The first kappa shape index (κ1) is 14.0. The Morgan fingerprint density at radius 1 is 1.37 bits per heavy atom. The van der Waals surface area contributed by atoms with Crippen LogP contribution in [0.4, 0.5) is 5.82 Å². The predicted molar refractivity (Wildman–Crippen MR) is 79.2 cm³/mol. The standard InChI is InChI=1S/C13H18BrN5/c1-3-4-12-17-11(14)7-13(18-12)15-5-6-19-9-10(2)8-16-19/h7-9H,3-6H2,1-2H3,(H,15,17,18). The van der Waals surface area contributed by atoms with Crippen molar-refractivity contribution in [1.82, 2.24) is 19.7 Å². The number of nitrogens with one attached hydrogen (secondary N) is 1. The van der Waals surface area contributed by atoms with E-state index < -0.39 is 0 Å². The normalized spacial score (nSPS) is 10.7. The molecular weight excluding hydrogens is 306 g/mol. The van der Waals surface area contributed by atoms with Gasteiger partial charge in [-0.25, -0.2) is 9.97 Å². The van der Waals surface area contributed by atoms with Gasteiger partial charge in [0.1, 0.15) is 16.2 Å². The minimum absolute atomic E-state index is 0.788. The van der Waals surface area contributed by atoms with Gasteiger partial charge in [0.15, 0.2) is 0 Å². The largest absolute Gasteiger partial charge is 0.368 e. The Bertz CT molecular complexity index is 538. The van der Waals surface area contributed by atoms with Crippen LogP contribution in [0.5, 0.6) is 0 Å². The van der Waals surface area contributed by atoms with Gasteiger partial charge in [-0.05, 0) is 34.8 Å². The summed E-state index contributed by atoms with van der Waals surface area (Å²) in [6, 6.07) is 1.90. The molecule has 0 aliphatic heterocycles. The molecule has 2 heterocycles. The third-order valence-electron chi connectivity index (χ3n) is 2.62. The Hall–Kier alpha value is -1.43. The summed E-state index contributed by atoms with van der Waals surface area (Å²) in [6.45, 7) is 5.77. The van der Waals surface area contributed by atoms with E-state index in [0.717, 1.165) is 42.2 Å². The van der Waals surface area contributed by atoms with Gasteiger partial charge in [-0.2, -0.15) is 5.10 Å². The van der Waals surface area contributed by atoms with Crippen LogP contribution in [0.3, 0.4) is 0 Å². The highest BCUT2D eigenvalue weighted by Gasteiger charge is 2.02. The Labute approximate surface area is 121 Å². The molecule has 0 aromatic carbocycles. The van der Waals surface area contributed by atoms with Gasteiger partial charge in [-0.15, -0.1) is 0 Å². The molecule has 1 N–H and O–H groups in total. The summed E-state index contributed by atoms with van der Waals surface area (Å²) in [5.41, 5.74) is 1.18. The van der Waals surface area contributed by atoms with Gasteiger partial charge in [0.05, 0.1) is 12.7 Å². The zero-order chi connectivity index (χ0) is 13.7. The predicted octanol–water partition coefficient (Wildman–Crippen LogP) is 2.81. The van der Waals surface area contributed by atoms with Crippen molar-refractivity contribution >= 4 is 21.7 Å². The molecule has 6 heteroatoms. The summed E-state index contributed by atoms with van der Waals surface area (Å²) in [5.74, 6) is 1.73. The molecule has 0 radical (unpaired) electrons. The van der Waals surface area contributed by atoms with E-state index in [1.807, 2.05) is 30.1 Å². The number of nitrogens with zero attached hydrogens (tertiary/aromatic N) is 4. The SMILES string of the molecule is CCCc1nc(Br)cc(NCCn2cc(C)cn2)n1. The molecule has 0 spiro atoms. The first-order valence-electron chi connectivity index (χ1n) is 6.43. The molecule has 5 nitrogen and oxygen atoms in total. The number of aryl methyl sites for hydroxylation is 2. The smallest absolute Gasteiger partial charge is 0.132 e. The summed E-state index contributed by atoms with van der Waals surface area (Å²) in [4.78, 5) is 8.82. The van der Waals surface area contributed by atoms with E-state index in [9.17, 15) is 0 Å². The monoisotopic (exact) mass is 323 g/mol. The average Bonchev–Trinajstić information content (AvgIpc) is 2.75. The molecule has 2 aromatic rings. The van der Waals surface area contributed by atoms with E-state index >= 15 is 0 Å². The van der Waals surface area contributed by atoms with Crippen LogP contribution in [0.2, 0.25) is 0 Å². The lowest BCUT2D eigenvalue weighted by atomic mass is 10.3. The number of hydrogen-bond acceptors (Lipinski definition) is 4. The van der Waals surface area contributed by atoms with E-state index in [2.05, 4.69) is 43.2 Å². The molecule has 19 heavy (non-hydrogen) atoms. The number of rotatable bonds is 6. The van der Waals surface area contributed by atoms with Gasteiger partial charge in [-0.1, -0.05) is 6.92 Å². The molecule has 0 atom stereocenters. The van der Waals surface area contributed by atoms with Gasteiger partial charge in [0.2, 0.25) is 0 Å². The number of anilines is 1. The topological polar surface area (TPSA) is 55.6 Å². The maximum absolute atomic E-state index is 4.48. The molecule has 0 aliphatic rings. The van der Waals surface area contributed by atoms with E-state index in [0.29, 0.717) is 0 Å². The number of halogens is 1. The van der Waals surface area contributed by atoms with E-state index in [-0.39, 0.29) is 0 Å². The highest BCUT2D eigenvalue weighted by Crippen LogP contribution is 2.13. The summed E-state index contributed by atoms with van der Waals surface area (Å²) >= 11 is 3.41. The highest BCUT2D eigenvalue weighted by atomic mass is 79.9. The van der Waals surface area contributed by atoms with Crippen LogP contribution in [0.1, 0.15) is 24.7 Å². The summed E-state index contributed by atoms with van der Waals surface area (Å²) in [6.07, 6.45) is 5.83. The van der Waals surface area contributed by atoms with Crippen molar-refractivity contribution in [3.8, 4) is 0 Å². The van der Waals surface area contributed by atoms with Gasteiger partial charge in [0.25, 0.3) is 0 Å². The molecule has 0 amide bonds. The zero-order valence-electron chi connectivity index (χ0n) is 11.2. The van der Waals surface area contributed by atoms with Crippen molar-refractivity contribution in [3.05, 3.63) is 34.5 Å². The van der Waals surface area contributed by atoms with Gasteiger partial charge in [0, 0.05) is 25.2 Å². The molecule has 0 saturated heterocycles. The van der Waals surface area contributed by atoms with Gasteiger partial charge in [-0.3, -0.25) is 4.68 Å². The van der Waals surface area contributed by atoms with Gasteiger partial charge >= 0.3 is 0 Å². The van der Waals surface area contributed by atoms with E-state index in [1.54, 1.807) is 0 Å². The number of hydrogen-bond donors (Lipinski definition) is 1. The second-order valence-corrected chi connectivity index (χ2v) is 5.26. The Morgan fingerprint density at radius 3 is 2.89 bits per heavy atom. The molecule has 0 bridgehead atoms. The molecule has 102 valence electrons. The fourth-order valence-electron chi connectivity index (χ4n) is 1.78. The second kappa shape index (κ2) is 6.65. The van der Waals surface area contributed by atoms with Crippen molar-refractivity contribution < 1.29 is 0 Å². The van der Waals surface area contributed by atoms with Crippen molar-refractivity contribution in [2.24, 2.45) is 0 Å². The fraction of sp³-hybridized carbons (Fsp3) is 0.462. The Balaban J connectivity index is 1.91. The molecule has 0 aliphatic carbocycles. The lowest BCUT2D eigenvalue weighted by Crippen LogP contribution is -2.12. The minimum atomic E-state index is 0.788. The third kappa shape index (κ3) is 4.31. The van der Waals surface area contributed by atoms with Crippen LogP contribution in [0.15, 0.2) is 23.1 Å². The summed E-state index contributed by atoms with van der Waals surface area (Å²) < 4.78 is 2.74. The summed E-state index contributed by atoms with van der Waals surface area (Å²) in [7, 11) is 0. The average molecular weight is 324 g/mol. The molecular formula is C13H18BrN5. The van der Waals surface area contributed by atoms with Crippen molar-refractivity contribution in [2.75, 3.05) is 11.9 Å². The van der Waals surface area contributed by atoms with Crippen LogP contribution in [0.25, 0.3) is 0 Å². The zero-order valence-corrected chi connectivity index (χ0v) is 12.8. The first-order chi connectivity index (χ1) is 9.17. The van der Waals surface area contributed by atoms with Crippen LogP contribution >= 0.6 is 15.9 Å². The minimum Gasteiger partial charge on any atom is -0.368 e. The van der Waals surface area contributed by atoms with Crippen molar-refractivity contribution in [2.45, 2.75) is 33.2 Å². The molecule has 2 rings (SSSR count). The Kier molecular flexibility index (Phi) is 4.90. The third-order valence-corrected chi connectivity index (χ3v) is 3.03. The van der Waals surface area contributed by atoms with Crippen LogP contribution in [-0.2, 0) is 13.0 Å².